The zero-order chi connectivity index (χ0) is 9.68. The molecule has 1 aliphatic rings. The van der Waals surface area contributed by atoms with E-state index in [4.69, 9.17) is 9.94 Å². The number of rotatable bonds is 3. The molecule has 0 aromatic carbocycles. The molecule has 1 unspecified atom stereocenters. The third kappa shape index (κ3) is 3.30. The lowest BCUT2D eigenvalue weighted by atomic mass is 10.1. The van der Waals surface area contributed by atoms with Gasteiger partial charge in [-0.25, -0.2) is 5.48 Å². The molecule has 1 saturated heterocycles. The molecule has 1 heterocycles. The first-order chi connectivity index (χ1) is 6.24. The molecular formula is C8H16N2O3. The Labute approximate surface area is 77.6 Å². The van der Waals surface area contributed by atoms with E-state index in [9.17, 15) is 4.79 Å². The molecule has 2 N–H and O–H groups in total. The molecule has 1 fully saturated rings. The highest BCUT2D eigenvalue weighted by Crippen LogP contribution is 2.02. The van der Waals surface area contributed by atoms with Crippen molar-refractivity contribution in [1.82, 2.24) is 10.4 Å². The summed E-state index contributed by atoms with van der Waals surface area (Å²) >= 11 is 0. The number of morpholine rings is 1. The maximum atomic E-state index is 11.0. The Hall–Kier alpha value is -0.650. The van der Waals surface area contributed by atoms with E-state index in [1.807, 2.05) is 0 Å². The van der Waals surface area contributed by atoms with E-state index >= 15 is 0 Å². The summed E-state index contributed by atoms with van der Waals surface area (Å²) in [5, 5.41) is 8.39. The first-order valence-electron chi connectivity index (χ1n) is 4.48. The first kappa shape index (κ1) is 10.4. The van der Waals surface area contributed by atoms with E-state index in [0.717, 1.165) is 26.3 Å². The number of nitrogens with zero attached hydrogens (tertiary/aromatic N) is 1. The third-order valence-corrected chi connectivity index (χ3v) is 2.19. The molecule has 1 amide bonds. The van der Waals surface area contributed by atoms with Gasteiger partial charge < -0.3 is 4.74 Å². The van der Waals surface area contributed by atoms with Gasteiger partial charge in [0.1, 0.15) is 0 Å². The molecule has 1 atom stereocenters. The molecule has 5 heteroatoms. The summed E-state index contributed by atoms with van der Waals surface area (Å²) in [6, 6.07) is 0. The fourth-order valence-corrected chi connectivity index (χ4v) is 1.36. The minimum absolute atomic E-state index is 0.178. The Morgan fingerprint density at radius 1 is 1.62 bits per heavy atom. The number of carbonyl (C=O) groups excluding carboxylic acids is 1. The summed E-state index contributed by atoms with van der Waals surface area (Å²) in [7, 11) is 0. The van der Waals surface area contributed by atoms with Crippen LogP contribution in [0.15, 0.2) is 0 Å². The van der Waals surface area contributed by atoms with Crippen molar-refractivity contribution < 1.29 is 14.7 Å². The predicted molar refractivity (Wildman–Crippen MR) is 46.4 cm³/mol. The van der Waals surface area contributed by atoms with Crippen LogP contribution in [-0.4, -0.2) is 48.9 Å². The Balaban J connectivity index is 2.25. The summed E-state index contributed by atoms with van der Waals surface area (Å²) in [5.41, 5.74) is 1.66. The van der Waals surface area contributed by atoms with Gasteiger partial charge in [0.15, 0.2) is 0 Å². The average Bonchev–Trinajstić information content (AvgIpc) is 2.18. The van der Waals surface area contributed by atoms with Crippen LogP contribution in [0.5, 0.6) is 0 Å². The van der Waals surface area contributed by atoms with Crippen LogP contribution in [0.25, 0.3) is 0 Å². The van der Waals surface area contributed by atoms with Crippen molar-refractivity contribution in [2.45, 2.75) is 6.92 Å². The third-order valence-electron chi connectivity index (χ3n) is 2.19. The summed E-state index contributed by atoms with van der Waals surface area (Å²) in [4.78, 5) is 13.1. The largest absolute Gasteiger partial charge is 0.379 e. The van der Waals surface area contributed by atoms with Crippen molar-refractivity contribution in [3.05, 3.63) is 0 Å². The lowest BCUT2D eigenvalue weighted by Gasteiger charge is -2.28. The standard InChI is InChI=1S/C8H16N2O3/c1-7(8(11)9-12)6-10-2-4-13-5-3-10/h7,12H,2-6H2,1H3,(H,9,11). The molecule has 13 heavy (non-hydrogen) atoms. The second-order valence-electron chi connectivity index (χ2n) is 3.29. The number of hydrogen-bond acceptors (Lipinski definition) is 4. The topological polar surface area (TPSA) is 61.8 Å². The van der Waals surface area contributed by atoms with Gasteiger partial charge in [-0.1, -0.05) is 6.92 Å². The van der Waals surface area contributed by atoms with E-state index in [0.29, 0.717) is 6.54 Å². The van der Waals surface area contributed by atoms with Gasteiger partial charge in [0, 0.05) is 25.6 Å². The fourth-order valence-electron chi connectivity index (χ4n) is 1.36. The van der Waals surface area contributed by atoms with E-state index in [2.05, 4.69) is 4.90 Å². The van der Waals surface area contributed by atoms with Gasteiger partial charge in [-0.05, 0) is 0 Å². The van der Waals surface area contributed by atoms with E-state index < -0.39 is 0 Å². The van der Waals surface area contributed by atoms with Gasteiger partial charge in [0.25, 0.3) is 0 Å². The summed E-state index contributed by atoms with van der Waals surface area (Å²) in [6.45, 7) is 5.66. The number of nitrogens with one attached hydrogen (secondary N) is 1. The fraction of sp³-hybridized carbons (Fsp3) is 0.875. The number of carbonyl (C=O) groups is 1. The molecule has 76 valence electrons. The van der Waals surface area contributed by atoms with Crippen LogP contribution in [0.2, 0.25) is 0 Å². The average molecular weight is 188 g/mol. The first-order valence-corrected chi connectivity index (χ1v) is 4.48. The lowest BCUT2D eigenvalue weighted by Crippen LogP contribution is -2.42. The van der Waals surface area contributed by atoms with Crippen molar-refractivity contribution in [3.8, 4) is 0 Å². The highest BCUT2D eigenvalue weighted by atomic mass is 16.5. The maximum absolute atomic E-state index is 11.0. The van der Waals surface area contributed by atoms with Crippen LogP contribution in [0.3, 0.4) is 0 Å². The van der Waals surface area contributed by atoms with Crippen LogP contribution in [0.4, 0.5) is 0 Å². The monoisotopic (exact) mass is 188 g/mol. The summed E-state index contributed by atoms with van der Waals surface area (Å²) in [5.74, 6) is -0.505. The van der Waals surface area contributed by atoms with Crippen molar-refractivity contribution in [3.63, 3.8) is 0 Å². The second-order valence-corrected chi connectivity index (χ2v) is 3.29. The van der Waals surface area contributed by atoms with Gasteiger partial charge in [-0.3, -0.25) is 14.9 Å². The number of hydroxylamine groups is 1. The Morgan fingerprint density at radius 2 is 2.23 bits per heavy atom. The van der Waals surface area contributed by atoms with Crippen LogP contribution >= 0.6 is 0 Å². The smallest absolute Gasteiger partial charge is 0.247 e. The Kier molecular flexibility index (Phi) is 4.14. The quantitative estimate of drug-likeness (QED) is 0.461. The van der Waals surface area contributed by atoms with Gasteiger partial charge >= 0.3 is 0 Å². The molecule has 0 aliphatic carbocycles. The van der Waals surface area contributed by atoms with Crippen LogP contribution in [0, 0.1) is 5.92 Å². The molecule has 0 aromatic rings. The van der Waals surface area contributed by atoms with Crippen molar-refractivity contribution in [2.75, 3.05) is 32.8 Å². The Bertz CT molecular complexity index is 169. The Morgan fingerprint density at radius 3 is 2.77 bits per heavy atom. The van der Waals surface area contributed by atoms with Crippen LogP contribution in [0.1, 0.15) is 6.92 Å². The molecule has 5 nitrogen and oxygen atoms in total. The molecule has 0 spiro atoms. The van der Waals surface area contributed by atoms with Gasteiger partial charge in [-0.15, -0.1) is 0 Å². The van der Waals surface area contributed by atoms with E-state index in [-0.39, 0.29) is 11.8 Å². The zero-order valence-electron chi connectivity index (χ0n) is 7.82. The minimum Gasteiger partial charge on any atom is -0.379 e. The number of hydrogen-bond donors (Lipinski definition) is 2. The molecule has 1 rings (SSSR count). The number of amides is 1. The highest BCUT2D eigenvalue weighted by Gasteiger charge is 2.18. The maximum Gasteiger partial charge on any atom is 0.247 e. The second kappa shape index (κ2) is 5.16. The zero-order valence-corrected chi connectivity index (χ0v) is 7.82. The number of ether oxygens (including phenoxy) is 1. The molecule has 1 aliphatic heterocycles. The lowest BCUT2D eigenvalue weighted by molar-refractivity contribution is -0.133. The molecule has 0 radical (unpaired) electrons. The SMILES string of the molecule is CC(CN1CCOCC1)C(=O)NO. The summed E-state index contributed by atoms with van der Waals surface area (Å²) in [6.07, 6.45) is 0. The molecule has 0 aromatic heterocycles. The van der Waals surface area contributed by atoms with Gasteiger partial charge in [-0.2, -0.15) is 0 Å². The highest BCUT2D eigenvalue weighted by molar-refractivity contribution is 5.77. The molecule has 0 saturated carbocycles. The molecular weight excluding hydrogens is 172 g/mol. The van der Waals surface area contributed by atoms with Gasteiger partial charge in [0.05, 0.1) is 13.2 Å². The van der Waals surface area contributed by atoms with Gasteiger partial charge in [0.2, 0.25) is 5.91 Å². The van der Waals surface area contributed by atoms with Crippen molar-refractivity contribution >= 4 is 5.91 Å². The van der Waals surface area contributed by atoms with Crippen molar-refractivity contribution in [2.24, 2.45) is 5.92 Å². The van der Waals surface area contributed by atoms with Crippen molar-refractivity contribution in [1.29, 1.82) is 0 Å². The predicted octanol–water partition coefficient (Wildman–Crippen LogP) is -0.540. The normalized spacial score (nSPS) is 21.1. The van der Waals surface area contributed by atoms with Crippen LogP contribution < -0.4 is 5.48 Å². The van der Waals surface area contributed by atoms with Crippen LogP contribution in [-0.2, 0) is 9.53 Å². The molecule has 0 bridgehead atoms. The minimum atomic E-state index is -0.327. The van der Waals surface area contributed by atoms with E-state index in [1.165, 1.54) is 0 Å². The summed E-state index contributed by atoms with van der Waals surface area (Å²) < 4.78 is 5.18. The van der Waals surface area contributed by atoms with E-state index in [1.54, 1.807) is 12.4 Å².